The molecular weight excluding hydrogens is 174 g/mol. The summed E-state index contributed by atoms with van der Waals surface area (Å²) < 4.78 is 7.83. The zero-order valence-electron chi connectivity index (χ0n) is 8.24. The topological polar surface area (TPSA) is 18.1 Å². The minimum Gasteiger partial charge on any atom is -0.454 e. The predicted molar refractivity (Wildman–Crippen MR) is 57.4 cm³/mol. The van der Waals surface area contributed by atoms with Gasteiger partial charge in [0.15, 0.2) is 5.58 Å². The van der Waals surface area contributed by atoms with Crippen LogP contribution in [-0.2, 0) is 7.05 Å². The van der Waals surface area contributed by atoms with Gasteiger partial charge in [-0.25, -0.2) is 0 Å². The van der Waals surface area contributed by atoms with E-state index in [1.165, 1.54) is 16.5 Å². The average Bonchev–Trinajstić information content (AvgIpc) is 2.66. The van der Waals surface area contributed by atoms with Crippen LogP contribution in [0.25, 0.3) is 22.1 Å². The Balaban J connectivity index is 2.58. The summed E-state index contributed by atoms with van der Waals surface area (Å²) in [6, 6.07) is 8.32. The molecule has 0 amide bonds. The summed E-state index contributed by atoms with van der Waals surface area (Å²) in [6.45, 7) is 2.08. The molecule has 0 aliphatic carbocycles. The molecule has 2 nitrogen and oxygen atoms in total. The fourth-order valence-corrected chi connectivity index (χ4v) is 1.94. The fourth-order valence-electron chi connectivity index (χ4n) is 1.94. The van der Waals surface area contributed by atoms with Crippen molar-refractivity contribution in [1.82, 2.24) is 4.57 Å². The Hall–Kier alpha value is -1.70. The lowest BCUT2D eigenvalue weighted by Gasteiger charge is -1.93. The Morgan fingerprint density at radius 1 is 1.14 bits per heavy atom. The van der Waals surface area contributed by atoms with E-state index < -0.39 is 0 Å². The van der Waals surface area contributed by atoms with Crippen molar-refractivity contribution in [3.63, 3.8) is 0 Å². The third-order valence-electron chi connectivity index (χ3n) is 2.65. The highest BCUT2D eigenvalue weighted by Gasteiger charge is 2.08. The van der Waals surface area contributed by atoms with E-state index in [0.717, 1.165) is 11.2 Å². The zero-order valence-corrected chi connectivity index (χ0v) is 8.24. The third-order valence-corrected chi connectivity index (χ3v) is 2.65. The first kappa shape index (κ1) is 7.68. The van der Waals surface area contributed by atoms with Crippen LogP contribution in [0.5, 0.6) is 0 Å². The molecule has 2 heterocycles. The molecule has 14 heavy (non-hydrogen) atoms. The quantitative estimate of drug-likeness (QED) is 0.525. The normalized spacial score (nSPS) is 11.6. The van der Waals surface area contributed by atoms with Gasteiger partial charge >= 0.3 is 0 Å². The largest absolute Gasteiger partial charge is 0.454 e. The van der Waals surface area contributed by atoms with Crippen LogP contribution in [0.1, 0.15) is 5.56 Å². The van der Waals surface area contributed by atoms with E-state index >= 15 is 0 Å². The first-order valence-corrected chi connectivity index (χ1v) is 4.70. The van der Waals surface area contributed by atoms with Crippen molar-refractivity contribution in [3.8, 4) is 0 Å². The van der Waals surface area contributed by atoms with E-state index in [1.54, 1.807) is 0 Å². The third kappa shape index (κ3) is 0.854. The molecule has 70 valence electrons. The van der Waals surface area contributed by atoms with Crippen LogP contribution in [0.4, 0.5) is 0 Å². The van der Waals surface area contributed by atoms with Gasteiger partial charge in [0.2, 0.25) is 0 Å². The second-order valence-electron chi connectivity index (χ2n) is 3.74. The Morgan fingerprint density at radius 3 is 2.86 bits per heavy atom. The van der Waals surface area contributed by atoms with Crippen LogP contribution >= 0.6 is 0 Å². The number of furan rings is 1. The summed E-state index contributed by atoms with van der Waals surface area (Å²) >= 11 is 0. The van der Waals surface area contributed by atoms with E-state index in [2.05, 4.69) is 29.7 Å². The molecule has 0 unspecified atom stereocenters. The summed E-state index contributed by atoms with van der Waals surface area (Å²) in [4.78, 5) is 0. The van der Waals surface area contributed by atoms with Gasteiger partial charge in [0.25, 0.3) is 0 Å². The number of aromatic nitrogens is 1. The molecule has 0 atom stereocenters. The van der Waals surface area contributed by atoms with Crippen LogP contribution in [0.15, 0.2) is 34.9 Å². The smallest absolute Gasteiger partial charge is 0.153 e. The van der Waals surface area contributed by atoms with Crippen molar-refractivity contribution in [3.05, 3.63) is 36.0 Å². The van der Waals surface area contributed by atoms with Crippen LogP contribution in [0.3, 0.4) is 0 Å². The molecule has 3 aromatic rings. The summed E-state index contributed by atoms with van der Waals surface area (Å²) in [5, 5.41) is 1.19. The van der Waals surface area contributed by atoms with Crippen molar-refractivity contribution in [2.24, 2.45) is 7.05 Å². The fraction of sp³-hybridized carbons (Fsp3) is 0.167. The van der Waals surface area contributed by atoms with Crippen molar-refractivity contribution in [1.29, 1.82) is 0 Å². The van der Waals surface area contributed by atoms with Gasteiger partial charge in [-0.3, -0.25) is 0 Å². The Labute approximate surface area is 81.7 Å². The summed E-state index contributed by atoms with van der Waals surface area (Å²) in [6.07, 6.45) is 2.02. The van der Waals surface area contributed by atoms with Crippen LogP contribution in [0, 0.1) is 6.92 Å². The Morgan fingerprint density at radius 2 is 2.00 bits per heavy atom. The highest BCUT2D eigenvalue weighted by molar-refractivity contribution is 6.03. The lowest BCUT2D eigenvalue weighted by atomic mass is 10.2. The molecular formula is C12H11NO. The molecule has 0 aliphatic heterocycles. The van der Waals surface area contributed by atoms with Crippen molar-refractivity contribution < 1.29 is 4.42 Å². The van der Waals surface area contributed by atoms with Crippen molar-refractivity contribution in [2.75, 3.05) is 0 Å². The minimum absolute atomic E-state index is 0.966. The second-order valence-corrected chi connectivity index (χ2v) is 3.74. The lowest BCUT2D eigenvalue weighted by Crippen LogP contribution is -1.82. The maximum absolute atomic E-state index is 5.73. The molecule has 0 saturated heterocycles. The molecule has 0 saturated carbocycles. The summed E-state index contributed by atoms with van der Waals surface area (Å²) in [5.74, 6) is 0. The lowest BCUT2D eigenvalue weighted by molar-refractivity contribution is 0.669. The number of aryl methyl sites for hydroxylation is 2. The SMILES string of the molecule is Cc1ccc2c(c1)oc1ccn(C)c12. The highest BCUT2D eigenvalue weighted by atomic mass is 16.3. The van der Waals surface area contributed by atoms with E-state index in [1.807, 2.05) is 19.3 Å². The second kappa shape index (κ2) is 2.41. The molecule has 0 spiro atoms. The standard InChI is InChI=1S/C12H11NO/c1-8-3-4-9-11(7-8)14-10-5-6-13(2)12(9)10/h3-7H,1-2H3. The number of benzene rings is 1. The van der Waals surface area contributed by atoms with Crippen LogP contribution < -0.4 is 0 Å². The molecule has 0 fully saturated rings. The van der Waals surface area contributed by atoms with E-state index in [-0.39, 0.29) is 0 Å². The minimum atomic E-state index is 0.966. The van der Waals surface area contributed by atoms with Gasteiger partial charge in [-0.15, -0.1) is 0 Å². The number of hydrogen-bond acceptors (Lipinski definition) is 1. The first-order chi connectivity index (χ1) is 6.75. The predicted octanol–water partition coefficient (Wildman–Crippen LogP) is 3.23. The first-order valence-electron chi connectivity index (χ1n) is 4.70. The molecule has 0 bridgehead atoms. The highest BCUT2D eigenvalue weighted by Crippen LogP contribution is 2.29. The Bertz CT molecular complexity index is 616. The average molecular weight is 185 g/mol. The van der Waals surface area contributed by atoms with Gasteiger partial charge in [0.1, 0.15) is 5.58 Å². The molecule has 1 aromatic carbocycles. The molecule has 3 rings (SSSR count). The van der Waals surface area contributed by atoms with Gasteiger partial charge in [-0.1, -0.05) is 6.07 Å². The number of fused-ring (bicyclic) bond motifs is 3. The number of nitrogens with zero attached hydrogens (tertiary/aromatic N) is 1. The monoisotopic (exact) mass is 185 g/mol. The van der Waals surface area contributed by atoms with Crippen LogP contribution in [-0.4, -0.2) is 4.57 Å². The summed E-state index contributed by atoms with van der Waals surface area (Å²) in [7, 11) is 2.04. The van der Waals surface area contributed by atoms with E-state index in [0.29, 0.717) is 0 Å². The molecule has 0 radical (unpaired) electrons. The summed E-state index contributed by atoms with van der Waals surface area (Å²) in [5.41, 5.74) is 4.36. The van der Waals surface area contributed by atoms with E-state index in [9.17, 15) is 0 Å². The number of rotatable bonds is 0. The maximum atomic E-state index is 5.73. The molecule has 0 aliphatic rings. The van der Waals surface area contributed by atoms with Gasteiger partial charge in [-0.2, -0.15) is 0 Å². The Kier molecular flexibility index (Phi) is 1.32. The van der Waals surface area contributed by atoms with Crippen molar-refractivity contribution in [2.45, 2.75) is 6.92 Å². The van der Waals surface area contributed by atoms with E-state index in [4.69, 9.17) is 4.42 Å². The van der Waals surface area contributed by atoms with Gasteiger partial charge in [0.05, 0.1) is 5.52 Å². The number of hydrogen-bond donors (Lipinski definition) is 0. The van der Waals surface area contributed by atoms with Gasteiger partial charge < -0.3 is 8.98 Å². The van der Waals surface area contributed by atoms with Gasteiger partial charge in [-0.05, 0) is 30.7 Å². The van der Waals surface area contributed by atoms with Crippen molar-refractivity contribution >= 4 is 22.1 Å². The molecule has 2 aromatic heterocycles. The molecule has 2 heteroatoms. The van der Waals surface area contributed by atoms with Gasteiger partial charge in [0, 0.05) is 18.6 Å². The maximum Gasteiger partial charge on any atom is 0.153 e. The zero-order chi connectivity index (χ0) is 9.71. The van der Waals surface area contributed by atoms with Crippen LogP contribution in [0.2, 0.25) is 0 Å². The molecule has 0 N–H and O–H groups in total.